The Hall–Kier alpha value is -2.34. The molecule has 134 valence electrons. The van der Waals surface area contributed by atoms with Crippen molar-refractivity contribution in [3.63, 3.8) is 0 Å². The molecule has 0 saturated carbocycles. The fraction of sp³-hybridized carbons (Fsp3) is 0.474. The minimum atomic E-state index is 0.0813. The summed E-state index contributed by atoms with van der Waals surface area (Å²) >= 11 is 0. The topological polar surface area (TPSA) is 50.6 Å². The van der Waals surface area contributed by atoms with E-state index in [1.54, 1.807) is 0 Å². The zero-order valence-corrected chi connectivity index (χ0v) is 15.0. The Balaban J connectivity index is 1.45. The molecule has 1 aromatic carbocycles. The Morgan fingerprint density at radius 2 is 1.84 bits per heavy atom. The maximum absolute atomic E-state index is 12.0. The highest BCUT2D eigenvalue weighted by atomic mass is 16.5. The van der Waals surface area contributed by atoms with Gasteiger partial charge in [0.2, 0.25) is 0 Å². The molecule has 1 aliphatic heterocycles. The molecule has 6 nitrogen and oxygen atoms in total. The van der Waals surface area contributed by atoms with Crippen LogP contribution < -0.4 is 4.74 Å². The van der Waals surface area contributed by atoms with Crippen molar-refractivity contribution >= 4 is 5.91 Å². The third-order valence-electron chi connectivity index (χ3n) is 4.41. The SMILES string of the molecule is CN(Cc1ccc(OCC(=O)N2CCCC2)cc1)Cc1cnn(C)c1. The van der Waals surface area contributed by atoms with E-state index in [0.717, 1.165) is 44.8 Å². The van der Waals surface area contributed by atoms with Gasteiger partial charge >= 0.3 is 0 Å². The first kappa shape index (κ1) is 17.5. The molecule has 1 aliphatic rings. The van der Waals surface area contributed by atoms with Crippen LogP contribution in [0.4, 0.5) is 0 Å². The predicted octanol–water partition coefficient (Wildman–Crippen LogP) is 2.05. The number of benzene rings is 1. The fourth-order valence-corrected chi connectivity index (χ4v) is 3.13. The monoisotopic (exact) mass is 342 g/mol. The number of carbonyl (C=O) groups is 1. The van der Waals surface area contributed by atoms with Crippen LogP contribution in [0, 0.1) is 0 Å². The Labute approximate surface area is 149 Å². The fourth-order valence-electron chi connectivity index (χ4n) is 3.13. The van der Waals surface area contributed by atoms with E-state index in [2.05, 4.69) is 29.2 Å². The van der Waals surface area contributed by atoms with E-state index < -0.39 is 0 Å². The molecule has 6 heteroatoms. The number of ether oxygens (including phenoxy) is 1. The maximum Gasteiger partial charge on any atom is 0.260 e. The lowest BCUT2D eigenvalue weighted by molar-refractivity contribution is -0.132. The Kier molecular flexibility index (Phi) is 5.71. The highest BCUT2D eigenvalue weighted by Gasteiger charge is 2.18. The second-order valence-corrected chi connectivity index (χ2v) is 6.72. The highest BCUT2D eigenvalue weighted by Crippen LogP contribution is 2.15. The van der Waals surface area contributed by atoms with Crippen LogP contribution in [0.25, 0.3) is 0 Å². The van der Waals surface area contributed by atoms with Crippen molar-refractivity contribution in [2.24, 2.45) is 7.05 Å². The van der Waals surface area contributed by atoms with Gasteiger partial charge in [-0.2, -0.15) is 5.10 Å². The van der Waals surface area contributed by atoms with Gasteiger partial charge in [-0.15, -0.1) is 0 Å². The molecule has 2 heterocycles. The van der Waals surface area contributed by atoms with E-state index in [9.17, 15) is 4.79 Å². The molecule has 1 aromatic heterocycles. The third-order valence-corrected chi connectivity index (χ3v) is 4.41. The molecule has 25 heavy (non-hydrogen) atoms. The van der Waals surface area contributed by atoms with Crippen LogP contribution >= 0.6 is 0 Å². The molecule has 0 spiro atoms. The van der Waals surface area contributed by atoms with Gasteiger partial charge in [-0.25, -0.2) is 0 Å². The standard InChI is InChI=1S/C19H26N4O2/c1-21(13-17-11-20-22(2)14-17)12-16-5-7-18(8-6-16)25-15-19(24)23-9-3-4-10-23/h5-8,11,14H,3-4,9-10,12-13,15H2,1-2H3. The van der Waals surface area contributed by atoms with Gasteiger partial charge in [-0.1, -0.05) is 12.1 Å². The summed E-state index contributed by atoms with van der Waals surface area (Å²) in [5.41, 5.74) is 2.41. The maximum atomic E-state index is 12.0. The highest BCUT2D eigenvalue weighted by molar-refractivity contribution is 5.78. The molecule has 0 atom stereocenters. The summed E-state index contributed by atoms with van der Waals surface area (Å²) in [6.45, 7) is 3.56. The first-order valence-corrected chi connectivity index (χ1v) is 8.76. The summed E-state index contributed by atoms with van der Waals surface area (Å²) in [4.78, 5) is 16.1. The van der Waals surface area contributed by atoms with E-state index in [0.29, 0.717) is 0 Å². The second-order valence-electron chi connectivity index (χ2n) is 6.72. The van der Waals surface area contributed by atoms with Crippen molar-refractivity contribution in [2.75, 3.05) is 26.7 Å². The Bertz CT molecular complexity index is 690. The molecule has 1 fully saturated rings. The molecule has 0 aliphatic carbocycles. The zero-order valence-electron chi connectivity index (χ0n) is 15.0. The van der Waals surface area contributed by atoms with Gasteiger partial charge < -0.3 is 9.64 Å². The summed E-state index contributed by atoms with van der Waals surface area (Å²) < 4.78 is 7.44. The van der Waals surface area contributed by atoms with Crippen LogP contribution in [-0.4, -0.2) is 52.2 Å². The van der Waals surface area contributed by atoms with E-state index in [4.69, 9.17) is 4.74 Å². The van der Waals surface area contributed by atoms with Crippen molar-refractivity contribution in [1.29, 1.82) is 0 Å². The lowest BCUT2D eigenvalue weighted by Crippen LogP contribution is -2.32. The van der Waals surface area contributed by atoms with E-state index >= 15 is 0 Å². The number of hydrogen-bond acceptors (Lipinski definition) is 4. The Morgan fingerprint density at radius 1 is 1.16 bits per heavy atom. The summed E-state index contributed by atoms with van der Waals surface area (Å²) in [5, 5.41) is 4.19. The summed E-state index contributed by atoms with van der Waals surface area (Å²) in [5.74, 6) is 0.823. The predicted molar refractivity (Wildman–Crippen MR) is 96.1 cm³/mol. The van der Waals surface area contributed by atoms with Crippen LogP contribution in [0.1, 0.15) is 24.0 Å². The molecule has 0 unspecified atom stereocenters. The minimum absolute atomic E-state index is 0.0813. The summed E-state index contributed by atoms with van der Waals surface area (Å²) in [7, 11) is 4.02. The van der Waals surface area contributed by atoms with E-state index in [-0.39, 0.29) is 12.5 Å². The second kappa shape index (κ2) is 8.16. The average Bonchev–Trinajstić information content (AvgIpc) is 3.26. The first-order chi connectivity index (χ1) is 12.1. The molecular weight excluding hydrogens is 316 g/mol. The average molecular weight is 342 g/mol. The summed E-state index contributed by atoms with van der Waals surface area (Å²) in [6.07, 6.45) is 6.13. The Morgan fingerprint density at radius 3 is 2.48 bits per heavy atom. The number of amides is 1. The van der Waals surface area contributed by atoms with Crippen LogP contribution in [0.15, 0.2) is 36.7 Å². The van der Waals surface area contributed by atoms with Gasteiger partial charge in [0, 0.05) is 45.0 Å². The van der Waals surface area contributed by atoms with Gasteiger partial charge in [-0.3, -0.25) is 14.4 Å². The van der Waals surface area contributed by atoms with Gasteiger partial charge in [0.05, 0.1) is 6.20 Å². The zero-order chi connectivity index (χ0) is 17.6. The molecule has 0 bridgehead atoms. The van der Waals surface area contributed by atoms with Crippen molar-refractivity contribution in [1.82, 2.24) is 19.6 Å². The van der Waals surface area contributed by atoms with Crippen LogP contribution in [0.5, 0.6) is 5.75 Å². The van der Waals surface area contributed by atoms with E-state index in [1.807, 2.05) is 41.2 Å². The van der Waals surface area contributed by atoms with Crippen molar-refractivity contribution in [2.45, 2.75) is 25.9 Å². The molecule has 1 amide bonds. The molecule has 0 radical (unpaired) electrons. The first-order valence-electron chi connectivity index (χ1n) is 8.76. The van der Waals surface area contributed by atoms with Gasteiger partial charge in [-0.05, 0) is 37.6 Å². The quantitative estimate of drug-likeness (QED) is 0.773. The van der Waals surface area contributed by atoms with Crippen LogP contribution in [-0.2, 0) is 24.9 Å². The molecule has 1 saturated heterocycles. The van der Waals surface area contributed by atoms with Gasteiger partial charge in [0.15, 0.2) is 6.61 Å². The number of likely N-dealkylation sites (tertiary alicyclic amines) is 1. The molecule has 2 aromatic rings. The minimum Gasteiger partial charge on any atom is -0.484 e. The normalized spacial score (nSPS) is 14.3. The number of nitrogens with zero attached hydrogens (tertiary/aromatic N) is 4. The van der Waals surface area contributed by atoms with Crippen molar-refractivity contribution in [3.05, 3.63) is 47.8 Å². The largest absolute Gasteiger partial charge is 0.484 e. The van der Waals surface area contributed by atoms with Gasteiger partial charge in [0.25, 0.3) is 5.91 Å². The van der Waals surface area contributed by atoms with Crippen LogP contribution in [0.2, 0.25) is 0 Å². The molecule has 0 N–H and O–H groups in total. The third kappa shape index (κ3) is 5.06. The lowest BCUT2D eigenvalue weighted by atomic mass is 10.2. The van der Waals surface area contributed by atoms with E-state index in [1.165, 1.54) is 11.1 Å². The molecular formula is C19H26N4O2. The summed E-state index contributed by atoms with van der Waals surface area (Å²) in [6, 6.07) is 7.97. The number of aryl methyl sites for hydroxylation is 1. The number of rotatable bonds is 7. The number of carbonyl (C=O) groups excluding carboxylic acids is 1. The molecule has 3 rings (SSSR count). The van der Waals surface area contributed by atoms with Gasteiger partial charge in [0.1, 0.15) is 5.75 Å². The number of aromatic nitrogens is 2. The van der Waals surface area contributed by atoms with Crippen molar-refractivity contribution < 1.29 is 9.53 Å². The van der Waals surface area contributed by atoms with Crippen LogP contribution in [0.3, 0.4) is 0 Å². The lowest BCUT2D eigenvalue weighted by Gasteiger charge is -2.17. The number of hydrogen-bond donors (Lipinski definition) is 0. The smallest absolute Gasteiger partial charge is 0.260 e. The van der Waals surface area contributed by atoms with Crippen molar-refractivity contribution in [3.8, 4) is 5.75 Å².